The molecular formula is C117H121N5O12S2. The SMILES string of the molecule is CCCCCCC[C@H](C)N.CCCCCCC[C@H](C)N1C(=O)c2ccc3c4ccc5c6c(ccc(c7ccc(c2c37)C1=O)c64)C(=O)N([C@@H](C)CCCCCCC)C5=O.CCCCCCC[C@H](C)N1C(=O)c2ccc3c4ccc5c6c(ccc(c7ccc(c2c37)C1=S)c64)C(=O)N([C@@H](C)CCCCCCC)C5=S.O=C1OC(=O)c2ccc3c4ccc5c6c(ccc(c7ccc1c2c73)c64)C(=O)OC5=O. The molecule has 6 aliphatic heterocycles. The molecule has 0 aromatic heterocycles. The number of unbranched alkanes of at least 4 members (excludes halogenated alkanes) is 20. The average Bonchev–Trinajstić information content (AvgIpc) is 0.673. The van der Waals surface area contributed by atoms with Crippen molar-refractivity contribution in [2.45, 2.75) is 292 Å². The number of hydrogen-bond acceptors (Lipinski definition) is 15. The van der Waals surface area contributed by atoms with Crippen LogP contribution >= 0.6 is 24.4 Å². The third-order valence-electron chi connectivity index (χ3n) is 30.0. The van der Waals surface area contributed by atoms with Crippen molar-refractivity contribution in [2.24, 2.45) is 5.73 Å². The number of nitrogens with two attached hydrogens (primary N) is 1. The number of benzene rings is 15. The predicted molar refractivity (Wildman–Crippen MR) is 558 cm³/mol. The van der Waals surface area contributed by atoms with E-state index in [2.05, 4.69) is 91.8 Å². The van der Waals surface area contributed by atoms with Gasteiger partial charge in [0.25, 0.3) is 35.4 Å². The number of cyclic esters (lactones) is 4. The zero-order valence-electron chi connectivity index (χ0n) is 80.0. The van der Waals surface area contributed by atoms with Gasteiger partial charge in [0, 0.05) is 107 Å². The van der Waals surface area contributed by atoms with Crippen LogP contribution in [0.25, 0.3) is 129 Å². The number of fused-ring (bicyclic) bond motifs is 6. The van der Waals surface area contributed by atoms with Crippen molar-refractivity contribution in [2.75, 3.05) is 0 Å². The van der Waals surface area contributed by atoms with Crippen LogP contribution in [0.2, 0.25) is 0 Å². The Hall–Kier alpha value is -12.2. The molecule has 0 radical (unpaired) electrons. The molecule has 0 spiro atoms. The third kappa shape index (κ3) is 16.3. The Bertz CT molecular complexity index is 6370. The lowest BCUT2D eigenvalue weighted by molar-refractivity contribution is 0.0373. The maximum Gasteiger partial charge on any atom is 0.346 e. The maximum absolute atomic E-state index is 14.1. The van der Waals surface area contributed by atoms with E-state index in [0.717, 1.165) is 194 Å². The highest BCUT2D eigenvalue weighted by atomic mass is 32.1. The Morgan fingerprint density at radius 3 is 0.581 bits per heavy atom. The number of amides is 6. The van der Waals surface area contributed by atoms with Gasteiger partial charge in [-0.05, 0) is 224 Å². The van der Waals surface area contributed by atoms with Crippen LogP contribution in [0.4, 0.5) is 0 Å². The molecule has 0 aliphatic carbocycles. The summed E-state index contributed by atoms with van der Waals surface area (Å²) in [4.78, 5) is 141. The summed E-state index contributed by atoms with van der Waals surface area (Å²) in [5, 5.41) is 21.3. The van der Waals surface area contributed by atoms with Gasteiger partial charge in [-0.15, -0.1) is 0 Å². The molecule has 21 rings (SSSR count). The molecule has 0 bridgehead atoms. The largest absolute Gasteiger partial charge is 0.386 e. The van der Waals surface area contributed by atoms with Gasteiger partial charge in [0.15, 0.2) is 0 Å². The van der Waals surface area contributed by atoms with Crippen molar-refractivity contribution in [1.29, 1.82) is 0 Å². The Morgan fingerprint density at radius 2 is 0.375 bits per heavy atom. The van der Waals surface area contributed by atoms with Crippen LogP contribution in [0, 0.1) is 0 Å². The molecule has 136 heavy (non-hydrogen) atoms. The Morgan fingerprint density at radius 1 is 0.213 bits per heavy atom. The minimum Gasteiger partial charge on any atom is -0.386 e. The number of hydrogen-bond donors (Lipinski definition) is 1. The van der Waals surface area contributed by atoms with Crippen molar-refractivity contribution < 1.29 is 57.4 Å². The Kier molecular flexibility index (Phi) is 27.4. The molecule has 0 saturated heterocycles. The van der Waals surface area contributed by atoms with Gasteiger partial charge in [-0.2, -0.15) is 0 Å². The van der Waals surface area contributed by atoms with Gasteiger partial charge in [0.2, 0.25) is 0 Å². The van der Waals surface area contributed by atoms with Gasteiger partial charge in [0.1, 0.15) is 9.98 Å². The number of imide groups is 2. The lowest BCUT2D eigenvalue weighted by Crippen LogP contribution is -2.46. The van der Waals surface area contributed by atoms with Gasteiger partial charge in [0.05, 0.1) is 22.3 Å². The van der Waals surface area contributed by atoms with Crippen LogP contribution in [0.1, 0.15) is 377 Å². The first-order valence-electron chi connectivity index (χ1n) is 50.3. The van der Waals surface area contributed by atoms with E-state index >= 15 is 0 Å². The second-order valence-electron chi connectivity index (χ2n) is 39.1. The molecule has 2 N–H and O–H groups in total. The lowest BCUT2D eigenvalue weighted by atomic mass is 9.82. The molecular weight excluding hydrogens is 1730 g/mol. The molecule has 0 unspecified atom stereocenters. The Balaban J connectivity index is 0.000000132. The molecule has 5 atom stereocenters. The summed E-state index contributed by atoms with van der Waals surface area (Å²) in [6.07, 6.45) is 34.8. The number of thiocarbonyl (C=S) groups is 2. The van der Waals surface area contributed by atoms with Gasteiger partial charge >= 0.3 is 23.9 Å². The van der Waals surface area contributed by atoms with Crippen LogP contribution in [-0.2, 0) is 9.47 Å². The number of ether oxygens (including phenoxy) is 2. The zero-order valence-corrected chi connectivity index (χ0v) is 81.7. The first-order chi connectivity index (χ1) is 65.9. The molecule has 0 fully saturated rings. The van der Waals surface area contributed by atoms with E-state index in [1.165, 1.54) is 138 Å². The molecule has 15 aromatic rings. The van der Waals surface area contributed by atoms with Crippen molar-refractivity contribution in [3.8, 4) is 0 Å². The molecule has 6 aliphatic rings. The fourth-order valence-corrected chi connectivity index (χ4v) is 23.8. The van der Waals surface area contributed by atoms with Crippen LogP contribution in [-0.4, -0.2) is 119 Å². The molecule has 17 nitrogen and oxygen atoms in total. The second-order valence-corrected chi connectivity index (χ2v) is 39.9. The van der Waals surface area contributed by atoms with E-state index in [1.54, 1.807) is 24.3 Å². The van der Waals surface area contributed by atoms with Crippen LogP contribution in [0.5, 0.6) is 0 Å². The van der Waals surface area contributed by atoms with Crippen molar-refractivity contribution in [3.05, 3.63) is 212 Å². The predicted octanol–water partition coefficient (Wildman–Crippen LogP) is 29.0. The third-order valence-corrected chi connectivity index (χ3v) is 30.8. The molecule has 0 saturated carbocycles. The highest BCUT2D eigenvalue weighted by Crippen LogP contribution is 2.52. The zero-order chi connectivity index (χ0) is 95.5. The second kappa shape index (κ2) is 39.5. The summed E-state index contributed by atoms with van der Waals surface area (Å²) in [6.45, 7) is 21.4. The molecule has 15 aromatic carbocycles. The van der Waals surface area contributed by atoms with E-state index in [9.17, 15) is 47.9 Å². The van der Waals surface area contributed by atoms with Crippen LogP contribution in [0.15, 0.2) is 146 Å². The highest BCUT2D eigenvalue weighted by molar-refractivity contribution is 7.81. The molecule has 19 heteroatoms. The fourth-order valence-electron chi connectivity index (χ4n) is 22.9. The molecule has 698 valence electrons. The quantitative estimate of drug-likeness (QED) is 0.00752. The van der Waals surface area contributed by atoms with Gasteiger partial charge < -0.3 is 15.2 Å². The summed E-state index contributed by atoms with van der Waals surface area (Å²) in [6, 6.07) is 46.2. The minimum atomic E-state index is -0.666. The van der Waals surface area contributed by atoms with Crippen LogP contribution in [0.3, 0.4) is 0 Å². The summed E-state index contributed by atoms with van der Waals surface area (Å²) >= 11 is 12.2. The summed E-state index contributed by atoms with van der Waals surface area (Å²) in [5.41, 5.74) is 12.6. The maximum atomic E-state index is 14.1. The summed E-state index contributed by atoms with van der Waals surface area (Å²) in [7, 11) is 0. The van der Waals surface area contributed by atoms with Gasteiger partial charge in [-0.25, -0.2) is 19.2 Å². The summed E-state index contributed by atoms with van der Waals surface area (Å²) < 4.78 is 9.74. The first-order valence-corrected chi connectivity index (χ1v) is 51.1. The number of rotatable bonds is 34. The van der Waals surface area contributed by atoms with Crippen molar-refractivity contribution in [3.63, 3.8) is 0 Å². The normalized spacial score (nSPS) is 15.7. The summed E-state index contributed by atoms with van der Waals surface area (Å²) in [5.74, 6) is -3.59. The van der Waals surface area contributed by atoms with E-state index in [-0.39, 0.29) is 59.6 Å². The van der Waals surface area contributed by atoms with Gasteiger partial charge in [-0.1, -0.05) is 305 Å². The average molecular weight is 1850 g/mol. The van der Waals surface area contributed by atoms with E-state index in [0.29, 0.717) is 82.1 Å². The number of nitrogens with zero attached hydrogens (tertiary/aromatic N) is 4. The van der Waals surface area contributed by atoms with Crippen LogP contribution < -0.4 is 5.73 Å². The smallest absolute Gasteiger partial charge is 0.346 e. The fraction of sp³-hybridized carbons (Fsp3) is 0.385. The highest BCUT2D eigenvalue weighted by Gasteiger charge is 2.43. The van der Waals surface area contributed by atoms with E-state index in [4.69, 9.17) is 39.6 Å². The monoisotopic (exact) mass is 1850 g/mol. The molecule has 6 amide bonds. The first kappa shape index (κ1) is 94.2. The lowest BCUT2D eigenvalue weighted by Gasteiger charge is -2.36. The Labute approximate surface area is 804 Å². The number of carbonyl (C=O) groups is 10. The molecule has 6 heterocycles. The van der Waals surface area contributed by atoms with Crippen molar-refractivity contribution >= 4 is 223 Å². The number of carbonyl (C=O) groups excluding carboxylic acids is 10. The number of esters is 4. The van der Waals surface area contributed by atoms with E-state index < -0.39 is 23.9 Å². The minimum absolute atomic E-state index is 0.00354. The van der Waals surface area contributed by atoms with Crippen molar-refractivity contribution in [1.82, 2.24) is 19.6 Å². The topological polar surface area (TPSA) is 228 Å². The standard InChI is InChI=1S/C42H46N2O4.C42H46N2O2S2.C24H8O6.C9H21N/c1-5-7-9-11-13-15-25(3)43-39(45)31-21-17-27-29-19-23-33-38-34(42(48)44(41(33)47)26(4)16-14-12-10-8-6-2)24-20-30(36(29)38)28-18-22-32(40(43)46)37(31)35(27)28;1-5-7-9-11-13-15-25(3)43-39(45)31-21-17-27-30-20-24-34-38-32(40(46)44(42(34)48)26(4)16-14-12-10-8-6-2)22-18-28(36(30)38)29-19-23-33(41(43)47)37(31)35(27)29;25-21-13-5-1-9-10-2-6-15-20-16(24(28)30-23(15)27)8-4-12(18(10)20)11-3-7-14(22(26)29-21)19(13)17(9)11;1-3-4-5-6-7-8-9(2)10/h2*17-26H,5-16H2,1-4H3;1-8H;9H,3-8,10H2,1-2H3/t2*25-,26-;;9-/m00.0/s1. The van der Waals surface area contributed by atoms with Gasteiger partial charge in [-0.3, -0.25) is 48.4 Å². The van der Waals surface area contributed by atoms with E-state index in [1.807, 2.05) is 109 Å².